The molecular weight excluding hydrogens is 586 g/mol. The van der Waals surface area contributed by atoms with Crippen LogP contribution in [0.3, 0.4) is 0 Å². The summed E-state index contributed by atoms with van der Waals surface area (Å²) in [5, 5.41) is 0. The molecule has 0 rings (SSSR count). The third kappa shape index (κ3) is 41.9. The summed E-state index contributed by atoms with van der Waals surface area (Å²) in [6.45, 7) is 8.14. The van der Waals surface area contributed by atoms with Crippen molar-refractivity contribution in [3.8, 4) is 0 Å². The molecule has 3 nitrogen and oxygen atoms in total. The summed E-state index contributed by atoms with van der Waals surface area (Å²) < 4.78 is 13.4. The van der Waals surface area contributed by atoms with Gasteiger partial charge in [0.2, 0.25) is 0 Å². The van der Waals surface area contributed by atoms with Crippen LogP contribution in [0, 0.1) is 0 Å². The van der Waals surface area contributed by atoms with E-state index < -0.39 is 0 Å². The largest absolute Gasteiger partial charge is 1.00 e. The van der Waals surface area contributed by atoms with E-state index in [9.17, 15) is 0 Å². The van der Waals surface area contributed by atoms with E-state index in [0.29, 0.717) is 0 Å². The lowest BCUT2D eigenvalue weighted by atomic mass is 10.0. The predicted molar refractivity (Wildman–Crippen MR) is 202 cm³/mol. The molecule has 0 aromatic rings. The van der Waals surface area contributed by atoms with E-state index >= 15 is 0 Å². The zero-order valence-electron chi connectivity index (χ0n) is 32.4. The van der Waals surface area contributed by atoms with Crippen LogP contribution in [0.25, 0.3) is 0 Å². The van der Waals surface area contributed by atoms with Crippen molar-refractivity contribution in [2.24, 2.45) is 0 Å². The van der Waals surface area contributed by atoms with Crippen LogP contribution < -0.4 is 12.4 Å². The van der Waals surface area contributed by atoms with Crippen LogP contribution in [0.15, 0.2) is 12.2 Å². The zero-order chi connectivity index (χ0) is 32.9. The van der Waals surface area contributed by atoms with Gasteiger partial charge in [-0.3, -0.25) is 0 Å². The average Bonchev–Trinajstić information content (AvgIpc) is 3.01. The normalized spacial score (nSPS) is 12.6. The van der Waals surface area contributed by atoms with Crippen molar-refractivity contribution >= 4 is 0 Å². The first-order chi connectivity index (χ1) is 22.0. The first kappa shape index (κ1) is 48.0. The number of unbranched alkanes of at least 4 members (excludes halogenated alkanes) is 27. The van der Waals surface area contributed by atoms with Crippen molar-refractivity contribution in [3.63, 3.8) is 0 Å². The third-order valence-electron chi connectivity index (χ3n) is 9.21. The fourth-order valence-electron chi connectivity index (χ4n) is 6.33. The molecule has 0 aliphatic rings. The fourth-order valence-corrected chi connectivity index (χ4v) is 6.33. The molecule has 278 valence electrons. The van der Waals surface area contributed by atoms with Crippen molar-refractivity contribution in [2.75, 3.05) is 47.5 Å². The van der Waals surface area contributed by atoms with Crippen LogP contribution >= 0.6 is 0 Å². The molecule has 0 N–H and O–H groups in total. The van der Waals surface area contributed by atoms with E-state index in [4.69, 9.17) is 9.47 Å². The Labute approximate surface area is 297 Å². The molecule has 0 saturated carbocycles. The molecule has 0 aromatic carbocycles. The Morgan fingerprint density at radius 2 is 0.761 bits per heavy atom. The standard InChI is InChI=1S/C42H86NO2.ClH/c1-6-8-10-12-14-16-18-20-22-24-26-28-30-32-34-36-38-44-41-42(40-43(3,4)5)45-39-37-35-33-31-29-27-25-23-21-19-17-15-13-11-9-7-2;/h20,22,42H,6-19,21,23-41H2,1-5H3;1H/q+1;/p-1/b22-20-;. The highest BCUT2D eigenvalue weighted by Crippen LogP contribution is 2.15. The first-order valence-electron chi connectivity index (χ1n) is 20.6. The summed E-state index contributed by atoms with van der Waals surface area (Å²) in [6.07, 6.45) is 46.6. The number of nitrogens with zero attached hydrogens (tertiary/aromatic N) is 1. The summed E-state index contributed by atoms with van der Waals surface area (Å²) in [6, 6.07) is 0. The number of likely N-dealkylation sites (N-methyl/N-ethyl adjacent to an activating group) is 1. The van der Waals surface area contributed by atoms with Crippen LogP contribution in [-0.4, -0.2) is 58.1 Å². The van der Waals surface area contributed by atoms with Gasteiger partial charge in [-0.1, -0.05) is 180 Å². The number of halogens is 1. The van der Waals surface area contributed by atoms with E-state index in [1.807, 2.05) is 0 Å². The number of rotatable bonds is 38. The Balaban J connectivity index is 0. The van der Waals surface area contributed by atoms with Crippen molar-refractivity contribution in [1.82, 2.24) is 0 Å². The molecule has 1 atom stereocenters. The van der Waals surface area contributed by atoms with Gasteiger partial charge < -0.3 is 26.4 Å². The Morgan fingerprint density at radius 1 is 0.435 bits per heavy atom. The Hall–Kier alpha value is -0.0900. The summed E-state index contributed by atoms with van der Waals surface area (Å²) in [5.74, 6) is 0. The third-order valence-corrected chi connectivity index (χ3v) is 9.21. The summed E-state index contributed by atoms with van der Waals surface area (Å²) in [7, 11) is 6.78. The topological polar surface area (TPSA) is 18.5 Å². The highest BCUT2D eigenvalue weighted by Gasteiger charge is 2.19. The first-order valence-corrected chi connectivity index (χ1v) is 20.6. The van der Waals surface area contributed by atoms with Gasteiger partial charge in [-0.2, -0.15) is 0 Å². The maximum atomic E-state index is 6.32. The maximum absolute atomic E-state index is 6.32. The van der Waals surface area contributed by atoms with E-state index in [1.165, 1.54) is 193 Å². The zero-order valence-corrected chi connectivity index (χ0v) is 33.2. The second kappa shape index (κ2) is 39.3. The average molecular weight is 673 g/mol. The van der Waals surface area contributed by atoms with E-state index in [-0.39, 0.29) is 18.5 Å². The second-order valence-corrected chi connectivity index (χ2v) is 15.3. The monoisotopic (exact) mass is 672 g/mol. The highest BCUT2D eigenvalue weighted by atomic mass is 35.5. The maximum Gasteiger partial charge on any atom is 0.130 e. The van der Waals surface area contributed by atoms with Crippen LogP contribution in [-0.2, 0) is 9.47 Å². The number of quaternary nitrogens is 1. The van der Waals surface area contributed by atoms with Crippen LogP contribution in [0.1, 0.15) is 206 Å². The predicted octanol–water partition coefficient (Wildman–Crippen LogP) is 10.4. The lowest BCUT2D eigenvalue weighted by Gasteiger charge is -2.29. The number of allylic oxidation sites excluding steroid dienone is 2. The highest BCUT2D eigenvalue weighted by molar-refractivity contribution is 4.81. The number of ether oxygens (including phenoxy) is 2. The van der Waals surface area contributed by atoms with Crippen molar-refractivity contribution in [3.05, 3.63) is 12.2 Å². The van der Waals surface area contributed by atoms with Crippen LogP contribution in [0.4, 0.5) is 0 Å². The SMILES string of the molecule is CCCCCCCC/C=C\CCCCCCCCOCC(C[N+](C)(C)C)OCCCCCCCCCCCCCCCCCC.[Cl-]. The van der Waals surface area contributed by atoms with Gasteiger partial charge >= 0.3 is 0 Å². The second-order valence-electron chi connectivity index (χ2n) is 15.3. The van der Waals surface area contributed by atoms with Crippen molar-refractivity contribution in [2.45, 2.75) is 213 Å². The molecule has 46 heavy (non-hydrogen) atoms. The number of hydrogen-bond donors (Lipinski definition) is 0. The minimum Gasteiger partial charge on any atom is -1.00 e. The molecule has 0 aliphatic carbocycles. The van der Waals surface area contributed by atoms with Gasteiger partial charge in [0, 0.05) is 13.2 Å². The quantitative estimate of drug-likeness (QED) is 0.0369. The van der Waals surface area contributed by atoms with Gasteiger partial charge in [0.1, 0.15) is 12.6 Å². The summed E-state index contributed by atoms with van der Waals surface area (Å²) >= 11 is 0. The molecule has 0 heterocycles. The molecule has 0 fully saturated rings. The van der Waals surface area contributed by atoms with Gasteiger partial charge in [-0.05, 0) is 38.5 Å². The lowest BCUT2D eigenvalue weighted by Crippen LogP contribution is -3.00. The van der Waals surface area contributed by atoms with Crippen molar-refractivity contribution in [1.29, 1.82) is 0 Å². The summed E-state index contributed by atoms with van der Waals surface area (Å²) in [4.78, 5) is 0. The Morgan fingerprint density at radius 3 is 1.13 bits per heavy atom. The summed E-state index contributed by atoms with van der Waals surface area (Å²) in [5.41, 5.74) is 0. The van der Waals surface area contributed by atoms with E-state index in [2.05, 4.69) is 47.1 Å². The molecule has 0 bridgehead atoms. The van der Waals surface area contributed by atoms with Gasteiger partial charge in [0.05, 0.1) is 27.7 Å². The minimum atomic E-state index is 0. The van der Waals surface area contributed by atoms with Gasteiger partial charge in [-0.15, -0.1) is 0 Å². The molecule has 1 unspecified atom stereocenters. The molecule has 0 saturated heterocycles. The molecular formula is C42H86ClNO2. The Bertz CT molecular complexity index is 576. The molecule has 0 amide bonds. The minimum absolute atomic E-state index is 0. The van der Waals surface area contributed by atoms with Gasteiger partial charge in [0.25, 0.3) is 0 Å². The molecule has 4 heteroatoms. The smallest absolute Gasteiger partial charge is 0.130 e. The van der Waals surface area contributed by atoms with Crippen molar-refractivity contribution < 1.29 is 26.4 Å². The lowest BCUT2D eigenvalue weighted by molar-refractivity contribution is -0.873. The molecule has 0 spiro atoms. The van der Waals surface area contributed by atoms with Crippen LogP contribution in [0.5, 0.6) is 0 Å². The van der Waals surface area contributed by atoms with E-state index in [0.717, 1.165) is 30.8 Å². The molecule has 0 aromatic heterocycles. The van der Waals surface area contributed by atoms with E-state index in [1.54, 1.807) is 0 Å². The molecule has 0 aliphatic heterocycles. The van der Waals surface area contributed by atoms with Crippen LogP contribution in [0.2, 0.25) is 0 Å². The number of hydrogen-bond acceptors (Lipinski definition) is 2. The van der Waals surface area contributed by atoms with Gasteiger partial charge in [-0.25, -0.2) is 0 Å². The Kier molecular flexibility index (Phi) is 41.1. The molecule has 0 radical (unpaired) electrons. The van der Waals surface area contributed by atoms with Gasteiger partial charge in [0.15, 0.2) is 0 Å². The fraction of sp³-hybridized carbons (Fsp3) is 0.952.